The summed E-state index contributed by atoms with van der Waals surface area (Å²) in [4.78, 5) is 24.0. The second-order valence-electron chi connectivity index (χ2n) is 11.6. The molecule has 6 rings (SSSR count). The summed E-state index contributed by atoms with van der Waals surface area (Å²) in [5.41, 5.74) is 7.26. The second-order valence-corrected chi connectivity index (χ2v) is 11.6. The number of aliphatic hydroxyl groups is 1. The first-order valence-electron chi connectivity index (χ1n) is 14.6. The summed E-state index contributed by atoms with van der Waals surface area (Å²) < 4.78 is 56.3. The van der Waals surface area contributed by atoms with Gasteiger partial charge in [0, 0.05) is 43.4 Å². The lowest BCUT2D eigenvalue weighted by Gasteiger charge is -2.38. The molecule has 2 saturated heterocycles. The van der Waals surface area contributed by atoms with Crippen LogP contribution in [0.2, 0.25) is 0 Å². The number of nitrogens with zero attached hydrogens (tertiary/aromatic N) is 3. The molecule has 2 fully saturated rings. The Balaban J connectivity index is 1.29. The van der Waals surface area contributed by atoms with Gasteiger partial charge >= 0.3 is 0 Å². The molecule has 0 bridgehead atoms. The van der Waals surface area contributed by atoms with Gasteiger partial charge in [0.15, 0.2) is 0 Å². The first-order chi connectivity index (χ1) is 20.7. The van der Waals surface area contributed by atoms with E-state index in [-0.39, 0.29) is 23.6 Å². The number of amides is 1. The minimum Gasteiger partial charge on any atom is -0.488 e. The van der Waals surface area contributed by atoms with E-state index < -0.39 is 40.7 Å². The molecule has 43 heavy (non-hydrogen) atoms. The Labute approximate surface area is 247 Å². The van der Waals surface area contributed by atoms with E-state index in [2.05, 4.69) is 27.1 Å². The summed E-state index contributed by atoms with van der Waals surface area (Å²) in [6.45, 7) is 4.28. The van der Waals surface area contributed by atoms with Gasteiger partial charge in [-0.15, -0.1) is 0 Å². The van der Waals surface area contributed by atoms with Crippen molar-refractivity contribution in [1.29, 1.82) is 0 Å². The standard InChI is InChI=1S/C31H34F3N5O4/c1-16-9-17(35)14-39(13-16)30-20-4-7-26(40)28(20)36-12-25(30)38-31(41)24-6-5-21(32)29(37-24)27-22(33)10-19(11-23(27)34)43-18-3-2-8-42-15-18/h5-6,10-12,16-18,26,40H,2-4,7-9,13-15,35H2,1H3,(H,38,41)/t16-,17?,18?,26?/m1/s1. The van der Waals surface area contributed by atoms with Gasteiger partial charge in [0.2, 0.25) is 0 Å². The average Bonchev–Trinajstić information content (AvgIpc) is 3.33. The predicted molar refractivity (Wildman–Crippen MR) is 153 cm³/mol. The molecule has 0 spiro atoms. The third kappa shape index (κ3) is 6.04. The lowest BCUT2D eigenvalue weighted by atomic mass is 9.95. The molecule has 1 aromatic carbocycles. The quantitative estimate of drug-likeness (QED) is 0.379. The second kappa shape index (κ2) is 12.1. The Hall–Kier alpha value is -3.74. The Kier molecular flexibility index (Phi) is 8.25. The fraction of sp³-hybridized carbons (Fsp3) is 0.452. The summed E-state index contributed by atoms with van der Waals surface area (Å²) in [5.74, 6) is -3.59. The van der Waals surface area contributed by atoms with Gasteiger partial charge in [-0.25, -0.2) is 18.2 Å². The lowest BCUT2D eigenvalue weighted by Crippen LogP contribution is -2.47. The van der Waals surface area contributed by atoms with Crippen LogP contribution in [0, 0.1) is 23.4 Å². The summed E-state index contributed by atoms with van der Waals surface area (Å²) in [6, 6.07) is 3.97. The first-order valence-corrected chi connectivity index (χ1v) is 14.6. The van der Waals surface area contributed by atoms with Crippen LogP contribution in [0.25, 0.3) is 11.3 Å². The minimum absolute atomic E-state index is 0.0444. The van der Waals surface area contributed by atoms with E-state index in [9.17, 15) is 14.3 Å². The molecular weight excluding hydrogens is 563 g/mol. The molecule has 1 aliphatic carbocycles. The molecule has 4 heterocycles. The number of halogens is 3. The molecule has 2 aliphatic heterocycles. The zero-order chi connectivity index (χ0) is 30.2. The van der Waals surface area contributed by atoms with Crippen molar-refractivity contribution in [2.24, 2.45) is 11.7 Å². The third-order valence-electron chi connectivity index (χ3n) is 8.18. The largest absolute Gasteiger partial charge is 0.488 e. The number of piperidine rings is 1. The molecule has 4 atom stereocenters. The zero-order valence-electron chi connectivity index (χ0n) is 23.8. The van der Waals surface area contributed by atoms with Crippen molar-refractivity contribution in [2.45, 2.75) is 57.3 Å². The topological polar surface area (TPSA) is 123 Å². The monoisotopic (exact) mass is 597 g/mol. The number of anilines is 2. The number of fused-ring (bicyclic) bond motifs is 1. The summed E-state index contributed by atoms with van der Waals surface area (Å²) >= 11 is 0. The van der Waals surface area contributed by atoms with E-state index in [1.807, 2.05) is 0 Å². The van der Waals surface area contributed by atoms with Crippen LogP contribution in [0.15, 0.2) is 30.5 Å². The highest BCUT2D eigenvalue weighted by molar-refractivity contribution is 6.05. The number of nitrogens with two attached hydrogens (primary N) is 1. The van der Waals surface area contributed by atoms with Crippen molar-refractivity contribution in [1.82, 2.24) is 9.97 Å². The van der Waals surface area contributed by atoms with Crippen LogP contribution in [0.1, 0.15) is 60.5 Å². The van der Waals surface area contributed by atoms with Crippen molar-refractivity contribution in [3.63, 3.8) is 0 Å². The summed E-state index contributed by atoms with van der Waals surface area (Å²) in [5, 5.41) is 13.3. The number of carbonyl (C=O) groups is 1. The maximum absolute atomic E-state index is 15.2. The number of aromatic nitrogens is 2. The van der Waals surface area contributed by atoms with E-state index in [0.29, 0.717) is 62.9 Å². The Morgan fingerprint density at radius 2 is 1.95 bits per heavy atom. The van der Waals surface area contributed by atoms with Gasteiger partial charge in [0.25, 0.3) is 5.91 Å². The van der Waals surface area contributed by atoms with E-state index in [1.54, 1.807) is 0 Å². The van der Waals surface area contributed by atoms with Crippen LogP contribution >= 0.6 is 0 Å². The third-order valence-corrected chi connectivity index (χ3v) is 8.18. The van der Waals surface area contributed by atoms with Crippen molar-refractivity contribution in [3.05, 3.63) is 64.9 Å². The van der Waals surface area contributed by atoms with Crippen LogP contribution in [0.4, 0.5) is 24.5 Å². The molecule has 4 N–H and O–H groups in total. The van der Waals surface area contributed by atoms with Crippen LogP contribution < -0.4 is 20.7 Å². The van der Waals surface area contributed by atoms with Gasteiger partial charge in [-0.1, -0.05) is 6.92 Å². The first kappa shape index (κ1) is 29.3. The highest BCUT2D eigenvalue weighted by Crippen LogP contribution is 2.42. The molecule has 228 valence electrons. The molecule has 1 amide bonds. The number of hydrogen-bond donors (Lipinski definition) is 3. The fourth-order valence-corrected chi connectivity index (χ4v) is 6.31. The molecule has 3 unspecified atom stereocenters. The molecule has 12 heteroatoms. The number of pyridine rings is 2. The van der Waals surface area contributed by atoms with Crippen LogP contribution in [-0.2, 0) is 11.2 Å². The van der Waals surface area contributed by atoms with Crippen molar-refractivity contribution >= 4 is 17.3 Å². The molecule has 9 nitrogen and oxygen atoms in total. The van der Waals surface area contributed by atoms with Gasteiger partial charge in [0.1, 0.15) is 40.7 Å². The van der Waals surface area contributed by atoms with E-state index in [4.69, 9.17) is 15.2 Å². The maximum Gasteiger partial charge on any atom is 0.274 e. The Morgan fingerprint density at radius 1 is 1.16 bits per heavy atom. The van der Waals surface area contributed by atoms with E-state index >= 15 is 8.78 Å². The number of rotatable bonds is 6. The highest BCUT2D eigenvalue weighted by Gasteiger charge is 2.32. The lowest BCUT2D eigenvalue weighted by molar-refractivity contribution is 0.00720. The molecule has 3 aliphatic rings. The number of nitrogens with one attached hydrogen (secondary N) is 1. The summed E-state index contributed by atoms with van der Waals surface area (Å²) in [6.07, 6.45) is 3.85. The van der Waals surface area contributed by atoms with Crippen molar-refractivity contribution in [3.8, 4) is 17.0 Å². The molecule has 2 aromatic heterocycles. The number of aliphatic hydroxyl groups excluding tert-OH is 1. The van der Waals surface area contributed by atoms with Crippen LogP contribution in [0.5, 0.6) is 5.75 Å². The smallest absolute Gasteiger partial charge is 0.274 e. The van der Waals surface area contributed by atoms with E-state index in [1.165, 1.54) is 6.20 Å². The summed E-state index contributed by atoms with van der Waals surface area (Å²) in [7, 11) is 0. The number of benzene rings is 1. The maximum atomic E-state index is 15.2. The minimum atomic E-state index is -1.07. The van der Waals surface area contributed by atoms with Gasteiger partial charge in [-0.05, 0) is 50.2 Å². The van der Waals surface area contributed by atoms with Gasteiger partial charge in [0.05, 0.1) is 41.5 Å². The van der Waals surface area contributed by atoms with Gasteiger partial charge < -0.3 is 30.5 Å². The van der Waals surface area contributed by atoms with Crippen LogP contribution in [0.3, 0.4) is 0 Å². The van der Waals surface area contributed by atoms with Crippen molar-refractivity contribution in [2.75, 3.05) is 36.5 Å². The SMILES string of the molecule is C[C@@H]1CC(N)CN(c2c(NC(=O)c3ccc(F)c(-c4c(F)cc(OC5CCCOC5)cc4F)n3)cnc3c2CCC3O)C1. The number of ether oxygens (including phenoxy) is 2. The van der Waals surface area contributed by atoms with Gasteiger partial charge in [-0.2, -0.15) is 0 Å². The Bertz CT molecular complexity index is 1500. The zero-order valence-corrected chi connectivity index (χ0v) is 23.8. The molecule has 0 radical (unpaired) electrons. The highest BCUT2D eigenvalue weighted by atomic mass is 19.1. The van der Waals surface area contributed by atoms with Crippen LogP contribution in [-0.4, -0.2) is 59.4 Å². The number of carbonyl (C=O) groups excluding carboxylic acids is 1. The fourth-order valence-electron chi connectivity index (χ4n) is 6.31. The van der Waals surface area contributed by atoms with E-state index in [0.717, 1.165) is 48.4 Å². The molecular formula is C31H34F3N5O4. The van der Waals surface area contributed by atoms with Crippen molar-refractivity contribution < 1.29 is 32.5 Å². The van der Waals surface area contributed by atoms with Gasteiger partial charge in [-0.3, -0.25) is 9.78 Å². The average molecular weight is 598 g/mol. The molecule has 3 aromatic rings. The predicted octanol–water partition coefficient (Wildman–Crippen LogP) is 4.52. The Morgan fingerprint density at radius 3 is 2.67 bits per heavy atom. The number of hydrogen-bond acceptors (Lipinski definition) is 8. The normalized spacial score (nSPS) is 23.6. The molecule has 0 saturated carbocycles.